The van der Waals surface area contributed by atoms with E-state index in [9.17, 15) is 0 Å². The van der Waals surface area contributed by atoms with Crippen molar-refractivity contribution in [2.75, 3.05) is 0 Å². The molecule has 0 aromatic heterocycles. The Kier molecular flexibility index (Phi) is 4.01. The number of hydrogen-bond acceptors (Lipinski definition) is 0. The third-order valence-corrected chi connectivity index (χ3v) is 3.59. The van der Waals surface area contributed by atoms with Gasteiger partial charge in [0.05, 0.1) is 0 Å². The van der Waals surface area contributed by atoms with Crippen LogP contribution in [-0.2, 0) is 0 Å². The molecule has 2 rings (SSSR count). The first kappa shape index (κ1) is 13.4. The standard InChI is InChI=1S/C19H20/c1-5-17(19-13-9-7-11-15(19)3)16(4)18-12-8-6-10-14(18)2/h5-13H,1H2,2-4H3/b17-16+. The SMILES string of the molecule is C=C/C(=C(/C)c1ccccc1C)c1ccccc1C. The summed E-state index contributed by atoms with van der Waals surface area (Å²) in [6.07, 6.45) is 1.96. The van der Waals surface area contributed by atoms with Gasteiger partial charge in [0.25, 0.3) is 0 Å². The van der Waals surface area contributed by atoms with Crippen molar-refractivity contribution >= 4 is 11.1 Å². The molecule has 0 heterocycles. The quantitative estimate of drug-likeness (QED) is 0.502. The second kappa shape index (κ2) is 5.71. The zero-order chi connectivity index (χ0) is 13.8. The van der Waals surface area contributed by atoms with E-state index in [1.807, 2.05) is 6.08 Å². The summed E-state index contributed by atoms with van der Waals surface area (Å²) in [5.41, 5.74) is 7.63. The van der Waals surface area contributed by atoms with Gasteiger partial charge in [-0.25, -0.2) is 0 Å². The Labute approximate surface area is 116 Å². The molecule has 0 saturated heterocycles. The Morgan fingerprint density at radius 2 is 1.32 bits per heavy atom. The summed E-state index contributed by atoms with van der Waals surface area (Å²) in [6, 6.07) is 16.9. The van der Waals surface area contributed by atoms with Gasteiger partial charge >= 0.3 is 0 Å². The predicted molar refractivity (Wildman–Crippen MR) is 85.0 cm³/mol. The van der Waals surface area contributed by atoms with E-state index in [0.717, 1.165) is 0 Å². The van der Waals surface area contributed by atoms with E-state index in [2.05, 4.69) is 75.9 Å². The van der Waals surface area contributed by atoms with Crippen molar-refractivity contribution in [1.29, 1.82) is 0 Å². The first-order valence-corrected chi connectivity index (χ1v) is 6.60. The molecule has 0 aliphatic carbocycles. The average molecular weight is 248 g/mol. The van der Waals surface area contributed by atoms with Gasteiger partial charge in [-0.2, -0.15) is 0 Å². The average Bonchev–Trinajstić information content (AvgIpc) is 2.42. The van der Waals surface area contributed by atoms with Crippen molar-refractivity contribution in [3.8, 4) is 0 Å². The van der Waals surface area contributed by atoms with Crippen LogP contribution >= 0.6 is 0 Å². The molecule has 0 aliphatic rings. The van der Waals surface area contributed by atoms with Crippen LogP contribution in [0.15, 0.2) is 61.2 Å². The van der Waals surface area contributed by atoms with Gasteiger partial charge in [0.2, 0.25) is 0 Å². The summed E-state index contributed by atoms with van der Waals surface area (Å²) in [7, 11) is 0. The zero-order valence-corrected chi connectivity index (χ0v) is 11.9. The highest BCUT2D eigenvalue weighted by molar-refractivity contribution is 5.95. The monoisotopic (exact) mass is 248 g/mol. The fraction of sp³-hybridized carbons (Fsp3) is 0.158. The summed E-state index contributed by atoms with van der Waals surface area (Å²) in [5, 5.41) is 0. The van der Waals surface area contributed by atoms with Gasteiger partial charge in [0.1, 0.15) is 0 Å². The molecule has 0 N–H and O–H groups in total. The number of allylic oxidation sites excluding steroid dienone is 3. The van der Waals surface area contributed by atoms with Crippen molar-refractivity contribution in [2.24, 2.45) is 0 Å². The molecule has 0 fully saturated rings. The Balaban J connectivity index is 2.64. The minimum absolute atomic E-state index is 1.22. The molecule has 0 saturated carbocycles. The maximum absolute atomic E-state index is 4.00. The van der Waals surface area contributed by atoms with Crippen LogP contribution in [0.5, 0.6) is 0 Å². The van der Waals surface area contributed by atoms with Crippen LogP contribution in [-0.4, -0.2) is 0 Å². The minimum atomic E-state index is 1.22. The highest BCUT2D eigenvalue weighted by Gasteiger charge is 2.08. The van der Waals surface area contributed by atoms with Gasteiger partial charge in [-0.05, 0) is 54.2 Å². The highest BCUT2D eigenvalue weighted by Crippen LogP contribution is 2.30. The second-order valence-corrected chi connectivity index (χ2v) is 4.87. The number of rotatable bonds is 3. The second-order valence-electron chi connectivity index (χ2n) is 4.87. The summed E-state index contributed by atoms with van der Waals surface area (Å²) in [4.78, 5) is 0. The molecule has 0 unspecified atom stereocenters. The highest BCUT2D eigenvalue weighted by atomic mass is 14.1. The lowest BCUT2D eigenvalue weighted by Crippen LogP contribution is -1.92. The molecular formula is C19H20. The Morgan fingerprint density at radius 1 is 0.842 bits per heavy atom. The molecule has 2 aromatic rings. The van der Waals surface area contributed by atoms with Crippen LogP contribution in [0.2, 0.25) is 0 Å². The molecule has 0 amide bonds. The van der Waals surface area contributed by atoms with E-state index < -0.39 is 0 Å². The van der Waals surface area contributed by atoms with Crippen LogP contribution in [0, 0.1) is 13.8 Å². The molecule has 96 valence electrons. The maximum atomic E-state index is 4.00. The minimum Gasteiger partial charge on any atom is -0.0984 e. The van der Waals surface area contributed by atoms with Crippen molar-refractivity contribution < 1.29 is 0 Å². The van der Waals surface area contributed by atoms with Gasteiger partial charge in [-0.15, -0.1) is 0 Å². The summed E-state index contributed by atoms with van der Waals surface area (Å²) in [6.45, 7) is 10.5. The van der Waals surface area contributed by atoms with E-state index >= 15 is 0 Å². The maximum Gasteiger partial charge on any atom is -0.0152 e. The Hall–Kier alpha value is -2.08. The topological polar surface area (TPSA) is 0 Å². The third-order valence-electron chi connectivity index (χ3n) is 3.59. The van der Waals surface area contributed by atoms with E-state index in [4.69, 9.17) is 0 Å². The molecule has 0 radical (unpaired) electrons. The van der Waals surface area contributed by atoms with Gasteiger partial charge in [0.15, 0.2) is 0 Å². The summed E-state index contributed by atoms with van der Waals surface area (Å²) in [5.74, 6) is 0. The third kappa shape index (κ3) is 2.68. The first-order chi connectivity index (χ1) is 9.15. The Morgan fingerprint density at radius 3 is 1.79 bits per heavy atom. The van der Waals surface area contributed by atoms with E-state index in [1.54, 1.807) is 0 Å². The van der Waals surface area contributed by atoms with Gasteiger partial charge in [-0.1, -0.05) is 61.2 Å². The molecular weight excluding hydrogens is 228 g/mol. The van der Waals surface area contributed by atoms with Crippen LogP contribution in [0.25, 0.3) is 11.1 Å². The predicted octanol–water partition coefficient (Wildman–Crippen LogP) is 5.42. The van der Waals surface area contributed by atoms with Gasteiger partial charge in [-0.3, -0.25) is 0 Å². The van der Waals surface area contributed by atoms with Crippen molar-refractivity contribution in [3.63, 3.8) is 0 Å². The Bertz CT molecular complexity index is 630. The zero-order valence-electron chi connectivity index (χ0n) is 11.9. The lowest BCUT2D eigenvalue weighted by atomic mass is 9.91. The van der Waals surface area contributed by atoms with Crippen LogP contribution in [0.4, 0.5) is 0 Å². The summed E-state index contributed by atoms with van der Waals surface area (Å²) >= 11 is 0. The largest absolute Gasteiger partial charge is 0.0984 e. The molecule has 0 atom stereocenters. The van der Waals surface area contributed by atoms with Gasteiger partial charge in [0, 0.05) is 0 Å². The lowest BCUT2D eigenvalue weighted by Gasteiger charge is -2.13. The lowest BCUT2D eigenvalue weighted by molar-refractivity contribution is 1.39. The van der Waals surface area contributed by atoms with E-state index in [-0.39, 0.29) is 0 Å². The molecule has 0 bridgehead atoms. The fourth-order valence-corrected chi connectivity index (χ4v) is 2.48. The number of hydrogen-bond donors (Lipinski definition) is 0. The summed E-state index contributed by atoms with van der Waals surface area (Å²) < 4.78 is 0. The fourth-order valence-electron chi connectivity index (χ4n) is 2.48. The molecule has 19 heavy (non-hydrogen) atoms. The smallest absolute Gasteiger partial charge is 0.0152 e. The molecule has 0 aliphatic heterocycles. The normalized spacial score (nSPS) is 11.9. The first-order valence-electron chi connectivity index (χ1n) is 6.60. The number of benzene rings is 2. The van der Waals surface area contributed by atoms with E-state index in [1.165, 1.54) is 33.4 Å². The molecule has 0 spiro atoms. The van der Waals surface area contributed by atoms with Crippen LogP contribution in [0.3, 0.4) is 0 Å². The van der Waals surface area contributed by atoms with Crippen LogP contribution < -0.4 is 0 Å². The van der Waals surface area contributed by atoms with Crippen LogP contribution in [0.1, 0.15) is 29.2 Å². The van der Waals surface area contributed by atoms with E-state index in [0.29, 0.717) is 0 Å². The van der Waals surface area contributed by atoms with Gasteiger partial charge < -0.3 is 0 Å². The molecule has 0 nitrogen and oxygen atoms in total. The molecule has 2 aromatic carbocycles. The molecule has 0 heteroatoms. The van der Waals surface area contributed by atoms with Crippen molar-refractivity contribution in [2.45, 2.75) is 20.8 Å². The van der Waals surface area contributed by atoms with Crippen molar-refractivity contribution in [3.05, 3.63) is 83.4 Å². The van der Waals surface area contributed by atoms with Crippen molar-refractivity contribution in [1.82, 2.24) is 0 Å². The number of aryl methyl sites for hydroxylation is 2.